The highest BCUT2D eigenvalue weighted by Gasteiger charge is 2.44. The predicted octanol–water partition coefficient (Wildman–Crippen LogP) is -0.177. The molecule has 1 aliphatic rings. The highest BCUT2D eigenvalue weighted by atomic mass is 35.5. The summed E-state index contributed by atoms with van der Waals surface area (Å²) in [6.07, 6.45) is 2.13. The molecule has 5 heteroatoms. The van der Waals surface area contributed by atoms with E-state index in [1.807, 2.05) is 0 Å². The molecule has 1 rings (SSSR count). The Morgan fingerprint density at radius 1 is 1.67 bits per heavy atom. The van der Waals surface area contributed by atoms with Gasteiger partial charge in [0.1, 0.15) is 6.04 Å². The Hall–Kier alpha value is -0.320. The van der Waals surface area contributed by atoms with E-state index in [1.54, 1.807) is 0 Å². The number of carbonyl (C=O) groups is 1. The van der Waals surface area contributed by atoms with E-state index in [-0.39, 0.29) is 12.4 Å². The van der Waals surface area contributed by atoms with E-state index < -0.39 is 17.6 Å². The molecule has 1 aliphatic carbocycles. The summed E-state index contributed by atoms with van der Waals surface area (Å²) in [7, 11) is 1.27. The predicted molar refractivity (Wildman–Crippen MR) is 46.0 cm³/mol. The maximum absolute atomic E-state index is 10.8. The van der Waals surface area contributed by atoms with Gasteiger partial charge < -0.3 is 15.6 Å². The number of rotatable bonds is 2. The molecule has 0 saturated heterocycles. The Morgan fingerprint density at radius 2 is 2.17 bits per heavy atom. The number of hydrogen-bond donors (Lipinski definition) is 2. The normalized spacial score (nSPS) is 21.6. The van der Waals surface area contributed by atoms with Crippen molar-refractivity contribution in [3.8, 4) is 0 Å². The molecule has 1 saturated carbocycles. The van der Waals surface area contributed by atoms with Gasteiger partial charge in [0.2, 0.25) is 0 Å². The van der Waals surface area contributed by atoms with E-state index in [2.05, 4.69) is 4.74 Å². The van der Waals surface area contributed by atoms with Crippen molar-refractivity contribution in [2.24, 2.45) is 5.73 Å². The van der Waals surface area contributed by atoms with Crippen molar-refractivity contribution >= 4 is 18.4 Å². The van der Waals surface area contributed by atoms with Crippen LogP contribution in [0.25, 0.3) is 0 Å². The Kier molecular flexibility index (Phi) is 3.96. The Bertz CT molecular complexity index is 170. The van der Waals surface area contributed by atoms with Crippen LogP contribution in [0.3, 0.4) is 0 Å². The zero-order chi connectivity index (χ0) is 8.48. The second-order valence-electron chi connectivity index (χ2n) is 2.96. The van der Waals surface area contributed by atoms with E-state index in [0.717, 1.165) is 6.42 Å². The van der Waals surface area contributed by atoms with E-state index in [0.29, 0.717) is 12.8 Å². The van der Waals surface area contributed by atoms with Gasteiger partial charge in [-0.3, -0.25) is 4.79 Å². The van der Waals surface area contributed by atoms with Crippen molar-refractivity contribution in [2.45, 2.75) is 30.9 Å². The topological polar surface area (TPSA) is 72.5 Å². The number of halogens is 1. The molecule has 1 atom stereocenters. The number of methoxy groups -OCH3 is 1. The first-order chi connectivity index (χ1) is 5.10. The molecular formula is C7H14ClNO3. The number of hydrogen-bond acceptors (Lipinski definition) is 4. The molecule has 0 radical (unpaired) electrons. The van der Waals surface area contributed by atoms with E-state index in [1.165, 1.54) is 7.11 Å². The van der Waals surface area contributed by atoms with Crippen molar-refractivity contribution in [3.63, 3.8) is 0 Å². The van der Waals surface area contributed by atoms with Gasteiger partial charge in [-0.25, -0.2) is 0 Å². The molecule has 3 N–H and O–H groups in total. The van der Waals surface area contributed by atoms with Crippen molar-refractivity contribution in [1.82, 2.24) is 0 Å². The fourth-order valence-corrected chi connectivity index (χ4v) is 1.20. The van der Waals surface area contributed by atoms with E-state index >= 15 is 0 Å². The first-order valence-corrected chi connectivity index (χ1v) is 3.66. The van der Waals surface area contributed by atoms with Crippen molar-refractivity contribution in [3.05, 3.63) is 0 Å². The molecule has 4 nitrogen and oxygen atoms in total. The molecular weight excluding hydrogens is 182 g/mol. The minimum atomic E-state index is -0.993. The molecule has 0 aromatic heterocycles. The lowest BCUT2D eigenvalue weighted by molar-refractivity contribution is -0.153. The van der Waals surface area contributed by atoms with Crippen LogP contribution < -0.4 is 5.73 Å². The van der Waals surface area contributed by atoms with E-state index in [4.69, 9.17) is 5.73 Å². The van der Waals surface area contributed by atoms with Crippen LogP contribution in [0.5, 0.6) is 0 Å². The monoisotopic (exact) mass is 195 g/mol. The summed E-state index contributed by atoms with van der Waals surface area (Å²) in [4.78, 5) is 10.8. The van der Waals surface area contributed by atoms with Crippen molar-refractivity contribution in [2.75, 3.05) is 7.11 Å². The highest BCUT2D eigenvalue weighted by molar-refractivity contribution is 5.85. The third-order valence-corrected chi connectivity index (χ3v) is 2.25. The molecule has 0 amide bonds. The molecule has 12 heavy (non-hydrogen) atoms. The summed E-state index contributed by atoms with van der Waals surface area (Å²) < 4.78 is 4.41. The second-order valence-corrected chi connectivity index (χ2v) is 2.96. The quantitative estimate of drug-likeness (QED) is 0.600. The van der Waals surface area contributed by atoms with Gasteiger partial charge in [0.15, 0.2) is 0 Å². The van der Waals surface area contributed by atoms with Crippen LogP contribution in [0.2, 0.25) is 0 Å². The number of ether oxygens (including phenoxy) is 1. The van der Waals surface area contributed by atoms with Crippen LogP contribution in [0.1, 0.15) is 19.3 Å². The van der Waals surface area contributed by atoms with Crippen LogP contribution in [0.15, 0.2) is 0 Å². The minimum Gasteiger partial charge on any atom is -0.468 e. The zero-order valence-corrected chi connectivity index (χ0v) is 7.76. The largest absolute Gasteiger partial charge is 0.468 e. The Labute approximate surface area is 77.5 Å². The number of esters is 1. The first kappa shape index (κ1) is 11.7. The molecule has 1 unspecified atom stereocenters. The lowest BCUT2D eigenvalue weighted by atomic mass is 9.75. The average Bonchev–Trinajstić information content (AvgIpc) is 1.97. The maximum Gasteiger partial charge on any atom is 0.325 e. The van der Waals surface area contributed by atoms with Gasteiger partial charge in [-0.2, -0.15) is 0 Å². The zero-order valence-electron chi connectivity index (χ0n) is 6.95. The molecule has 0 aromatic rings. The number of aliphatic hydroxyl groups is 1. The summed E-state index contributed by atoms with van der Waals surface area (Å²) in [6.45, 7) is 0. The highest BCUT2D eigenvalue weighted by Crippen LogP contribution is 2.34. The fraction of sp³-hybridized carbons (Fsp3) is 0.857. The summed E-state index contributed by atoms with van der Waals surface area (Å²) in [6, 6.07) is -0.874. The van der Waals surface area contributed by atoms with Crippen LogP contribution in [0, 0.1) is 0 Å². The summed E-state index contributed by atoms with van der Waals surface area (Å²) in [5, 5.41) is 9.55. The molecule has 72 valence electrons. The molecule has 0 aromatic carbocycles. The summed E-state index contributed by atoms with van der Waals surface area (Å²) >= 11 is 0. The summed E-state index contributed by atoms with van der Waals surface area (Å²) in [5.41, 5.74) is 4.45. The van der Waals surface area contributed by atoms with Gasteiger partial charge in [-0.05, 0) is 19.3 Å². The smallest absolute Gasteiger partial charge is 0.325 e. The molecule has 0 heterocycles. The van der Waals surface area contributed by atoms with Gasteiger partial charge in [-0.15, -0.1) is 12.4 Å². The van der Waals surface area contributed by atoms with Gasteiger partial charge in [0.25, 0.3) is 0 Å². The van der Waals surface area contributed by atoms with Crippen LogP contribution in [-0.4, -0.2) is 29.8 Å². The minimum absolute atomic E-state index is 0. The van der Waals surface area contributed by atoms with Gasteiger partial charge in [-0.1, -0.05) is 0 Å². The fourth-order valence-electron chi connectivity index (χ4n) is 1.20. The molecule has 0 bridgehead atoms. The average molecular weight is 196 g/mol. The number of nitrogens with two attached hydrogens (primary N) is 1. The van der Waals surface area contributed by atoms with Gasteiger partial charge in [0, 0.05) is 0 Å². The third kappa shape index (κ3) is 1.88. The third-order valence-electron chi connectivity index (χ3n) is 2.25. The first-order valence-electron chi connectivity index (χ1n) is 3.66. The SMILES string of the molecule is COC(=O)C(N)C1(O)CCC1.Cl. The maximum atomic E-state index is 10.8. The van der Waals surface area contributed by atoms with E-state index in [9.17, 15) is 9.90 Å². The van der Waals surface area contributed by atoms with Crippen molar-refractivity contribution in [1.29, 1.82) is 0 Å². The van der Waals surface area contributed by atoms with Gasteiger partial charge >= 0.3 is 5.97 Å². The molecule has 0 aliphatic heterocycles. The van der Waals surface area contributed by atoms with Gasteiger partial charge in [0.05, 0.1) is 12.7 Å². The van der Waals surface area contributed by atoms with Crippen molar-refractivity contribution < 1.29 is 14.6 Å². The van der Waals surface area contributed by atoms with Crippen LogP contribution >= 0.6 is 12.4 Å². The molecule has 1 fully saturated rings. The summed E-state index contributed by atoms with van der Waals surface area (Å²) in [5.74, 6) is -0.535. The number of carbonyl (C=O) groups excluding carboxylic acids is 1. The van der Waals surface area contributed by atoms with Crippen LogP contribution in [-0.2, 0) is 9.53 Å². The Balaban J connectivity index is 0.00000121. The lowest BCUT2D eigenvalue weighted by Gasteiger charge is -2.39. The standard InChI is InChI=1S/C7H13NO3.ClH/c1-11-6(9)5(8)7(10)3-2-4-7;/h5,10H,2-4,8H2,1H3;1H. The molecule has 0 spiro atoms. The Morgan fingerprint density at radius 3 is 2.42 bits per heavy atom. The second kappa shape index (κ2) is 4.07. The van der Waals surface area contributed by atoms with Crippen LogP contribution in [0.4, 0.5) is 0 Å². The lowest BCUT2D eigenvalue weighted by Crippen LogP contribution is -2.57.